The topological polar surface area (TPSA) is 42.8 Å². The van der Waals surface area contributed by atoms with Gasteiger partial charge in [-0.2, -0.15) is 0 Å². The monoisotopic (exact) mass is 345 g/mol. The molecule has 1 fully saturated rings. The van der Waals surface area contributed by atoms with E-state index in [9.17, 15) is 4.79 Å². The van der Waals surface area contributed by atoms with E-state index in [4.69, 9.17) is 39.5 Å². The number of morpholine rings is 1. The SMILES string of the molecule is CCCCCCC(=O)N[C@@H]([NH+]1CCOCC1)C(Cl)(Cl)Cl. The van der Waals surface area contributed by atoms with E-state index in [0.29, 0.717) is 19.6 Å². The van der Waals surface area contributed by atoms with Gasteiger partial charge in [0.15, 0.2) is 0 Å². The maximum Gasteiger partial charge on any atom is 0.262 e. The smallest absolute Gasteiger partial charge is 0.262 e. The van der Waals surface area contributed by atoms with E-state index in [0.717, 1.165) is 43.7 Å². The number of nitrogens with one attached hydrogen (secondary N) is 2. The van der Waals surface area contributed by atoms with Crippen molar-refractivity contribution in [2.75, 3.05) is 26.3 Å². The first kappa shape index (κ1) is 18.3. The third-order valence-electron chi connectivity index (χ3n) is 3.43. The van der Waals surface area contributed by atoms with E-state index < -0.39 is 9.96 Å². The second-order valence-electron chi connectivity index (χ2n) is 5.12. The van der Waals surface area contributed by atoms with Crippen LogP contribution in [0.2, 0.25) is 0 Å². The average molecular weight is 347 g/mol. The fourth-order valence-corrected chi connectivity index (χ4v) is 2.91. The number of halogens is 3. The molecule has 0 aliphatic carbocycles. The van der Waals surface area contributed by atoms with Crippen LogP contribution in [0.4, 0.5) is 0 Å². The Kier molecular flexibility index (Phi) is 8.53. The van der Waals surface area contributed by atoms with Crippen molar-refractivity contribution in [3.63, 3.8) is 0 Å². The van der Waals surface area contributed by atoms with Gasteiger partial charge in [0.05, 0.1) is 13.2 Å². The summed E-state index contributed by atoms with van der Waals surface area (Å²) in [5, 5.41) is 2.88. The quantitative estimate of drug-likeness (QED) is 0.544. The summed E-state index contributed by atoms with van der Waals surface area (Å²) in [7, 11) is 0. The summed E-state index contributed by atoms with van der Waals surface area (Å²) in [5.41, 5.74) is 0. The van der Waals surface area contributed by atoms with Crippen molar-refractivity contribution in [2.24, 2.45) is 0 Å². The Hall–Kier alpha value is 0.260. The molecule has 1 atom stereocenters. The van der Waals surface area contributed by atoms with Gasteiger partial charge in [0.25, 0.3) is 3.79 Å². The second kappa shape index (κ2) is 9.31. The molecule has 0 aromatic rings. The van der Waals surface area contributed by atoms with Gasteiger partial charge in [0.2, 0.25) is 12.1 Å². The van der Waals surface area contributed by atoms with Crippen LogP contribution in [0.5, 0.6) is 0 Å². The van der Waals surface area contributed by atoms with Crippen molar-refractivity contribution in [2.45, 2.75) is 49.0 Å². The number of hydrogen-bond acceptors (Lipinski definition) is 2. The number of carbonyl (C=O) groups excluding carboxylic acids is 1. The van der Waals surface area contributed by atoms with Gasteiger partial charge in [-0.15, -0.1) is 0 Å². The lowest BCUT2D eigenvalue weighted by atomic mass is 10.1. The Bertz CT molecular complexity index is 292. The highest BCUT2D eigenvalue weighted by Crippen LogP contribution is 2.28. The number of rotatable bonds is 7. The summed E-state index contributed by atoms with van der Waals surface area (Å²) >= 11 is 18.0. The number of hydrogen-bond donors (Lipinski definition) is 2. The van der Waals surface area contributed by atoms with E-state index >= 15 is 0 Å². The maximum atomic E-state index is 12.0. The molecule has 1 rings (SSSR count). The predicted octanol–water partition coefficient (Wildman–Crippen LogP) is 1.68. The van der Waals surface area contributed by atoms with Gasteiger partial charge in [-0.1, -0.05) is 61.0 Å². The highest BCUT2D eigenvalue weighted by Gasteiger charge is 2.42. The molecule has 1 aliphatic heterocycles. The van der Waals surface area contributed by atoms with E-state index in [2.05, 4.69) is 12.2 Å². The zero-order valence-electron chi connectivity index (χ0n) is 11.9. The molecule has 1 heterocycles. The van der Waals surface area contributed by atoms with Crippen molar-refractivity contribution in [1.29, 1.82) is 0 Å². The van der Waals surface area contributed by atoms with Crippen molar-refractivity contribution in [1.82, 2.24) is 5.32 Å². The molecular formula is C13H24Cl3N2O2+. The predicted molar refractivity (Wildman–Crippen MR) is 82.5 cm³/mol. The van der Waals surface area contributed by atoms with Gasteiger partial charge in [0, 0.05) is 6.42 Å². The molecule has 0 unspecified atom stereocenters. The van der Waals surface area contributed by atoms with Gasteiger partial charge < -0.3 is 15.0 Å². The molecule has 0 bridgehead atoms. The minimum Gasteiger partial charge on any atom is -0.370 e. The Morgan fingerprint density at radius 1 is 1.25 bits per heavy atom. The number of alkyl halides is 3. The van der Waals surface area contributed by atoms with Gasteiger partial charge >= 0.3 is 0 Å². The fraction of sp³-hybridized carbons (Fsp3) is 0.923. The molecule has 4 nitrogen and oxygen atoms in total. The van der Waals surface area contributed by atoms with Crippen LogP contribution in [0.1, 0.15) is 39.0 Å². The molecule has 0 saturated carbocycles. The zero-order valence-corrected chi connectivity index (χ0v) is 14.2. The van der Waals surface area contributed by atoms with Crippen LogP contribution in [0.25, 0.3) is 0 Å². The largest absolute Gasteiger partial charge is 0.370 e. The van der Waals surface area contributed by atoms with Crippen LogP contribution in [0.3, 0.4) is 0 Å². The van der Waals surface area contributed by atoms with Crippen LogP contribution < -0.4 is 10.2 Å². The first-order chi connectivity index (χ1) is 9.45. The molecule has 0 radical (unpaired) electrons. The van der Waals surface area contributed by atoms with Crippen LogP contribution in [0, 0.1) is 0 Å². The summed E-state index contributed by atoms with van der Waals surface area (Å²) in [5.74, 6) is -0.0450. The van der Waals surface area contributed by atoms with Crippen LogP contribution in [0.15, 0.2) is 0 Å². The first-order valence-electron chi connectivity index (χ1n) is 7.23. The number of ether oxygens (including phenoxy) is 1. The number of carbonyl (C=O) groups is 1. The first-order valence-corrected chi connectivity index (χ1v) is 8.37. The lowest BCUT2D eigenvalue weighted by molar-refractivity contribution is -0.934. The average Bonchev–Trinajstić information content (AvgIpc) is 2.41. The molecule has 20 heavy (non-hydrogen) atoms. The fourth-order valence-electron chi connectivity index (χ4n) is 2.28. The molecule has 1 amide bonds. The molecule has 0 spiro atoms. The number of amides is 1. The van der Waals surface area contributed by atoms with Gasteiger partial charge in [-0.25, -0.2) is 0 Å². The summed E-state index contributed by atoms with van der Waals surface area (Å²) in [6.07, 6.45) is 4.21. The highest BCUT2D eigenvalue weighted by atomic mass is 35.6. The Morgan fingerprint density at radius 3 is 2.45 bits per heavy atom. The lowest BCUT2D eigenvalue weighted by Crippen LogP contribution is -3.21. The standard InChI is InChI=1S/C13H23Cl3N2O2/c1-2-3-4-5-6-11(19)17-12(13(14,15)16)18-7-9-20-10-8-18/h12H,2-10H2,1H3,(H,17,19)/p+1/t12-/m0/s1. The Labute approximate surface area is 136 Å². The highest BCUT2D eigenvalue weighted by molar-refractivity contribution is 6.68. The lowest BCUT2D eigenvalue weighted by Gasteiger charge is -2.35. The van der Waals surface area contributed by atoms with Crippen LogP contribution in [-0.4, -0.2) is 42.2 Å². The summed E-state index contributed by atoms with van der Waals surface area (Å²) in [6.45, 7) is 4.85. The molecular weight excluding hydrogens is 323 g/mol. The van der Waals surface area contributed by atoms with Crippen molar-refractivity contribution in [3.8, 4) is 0 Å². The normalized spacial score (nSPS) is 18.8. The minimum atomic E-state index is -1.51. The third kappa shape index (κ3) is 6.81. The Morgan fingerprint density at radius 2 is 1.90 bits per heavy atom. The second-order valence-corrected chi connectivity index (χ2v) is 7.49. The maximum absolute atomic E-state index is 12.0. The molecule has 0 aromatic heterocycles. The van der Waals surface area contributed by atoms with Crippen molar-refractivity contribution in [3.05, 3.63) is 0 Å². The molecule has 118 valence electrons. The zero-order chi connectivity index (χ0) is 15.0. The minimum absolute atomic E-state index is 0.0450. The summed E-state index contributed by atoms with van der Waals surface area (Å²) in [4.78, 5) is 13.0. The van der Waals surface area contributed by atoms with E-state index in [1.54, 1.807) is 0 Å². The van der Waals surface area contributed by atoms with Crippen LogP contribution >= 0.6 is 34.8 Å². The Balaban J connectivity index is 2.45. The molecule has 1 saturated heterocycles. The molecule has 7 heteroatoms. The third-order valence-corrected chi connectivity index (χ3v) is 4.09. The summed E-state index contributed by atoms with van der Waals surface area (Å²) < 4.78 is 3.79. The van der Waals surface area contributed by atoms with Crippen LogP contribution in [-0.2, 0) is 9.53 Å². The van der Waals surface area contributed by atoms with Gasteiger partial charge in [0.1, 0.15) is 13.1 Å². The van der Waals surface area contributed by atoms with E-state index in [1.165, 1.54) is 0 Å². The molecule has 2 N–H and O–H groups in total. The molecule has 0 aromatic carbocycles. The summed E-state index contributed by atoms with van der Waals surface area (Å²) in [6, 6.07) is 0. The van der Waals surface area contributed by atoms with E-state index in [-0.39, 0.29) is 5.91 Å². The number of unbranched alkanes of at least 4 members (excludes halogenated alkanes) is 3. The molecule has 1 aliphatic rings. The van der Waals surface area contributed by atoms with Gasteiger partial charge in [-0.05, 0) is 6.42 Å². The van der Waals surface area contributed by atoms with Crippen molar-refractivity contribution < 1.29 is 14.4 Å². The van der Waals surface area contributed by atoms with Gasteiger partial charge in [-0.3, -0.25) is 4.79 Å². The number of quaternary nitrogens is 1. The van der Waals surface area contributed by atoms with E-state index in [1.807, 2.05) is 0 Å². The van der Waals surface area contributed by atoms with Crippen molar-refractivity contribution >= 4 is 40.7 Å².